The molecule has 8 nitrogen and oxygen atoms in total. The second-order valence-electron chi connectivity index (χ2n) is 7.40. The van der Waals surface area contributed by atoms with Crippen LogP contribution in [0.4, 0.5) is 5.69 Å². The average molecular weight is 386 g/mol. The number of piperidine rings is 1. The summed E-state index contributed by atoms with van der Waals surface area (Å²) in [5, 5.41) is 6.79. The van der Waals surface area contributed by atoms with Crippen LogP contribution in [0.1, 0.15) is 37.4 Å². The van der Waals surface area contributed by atoms with Crippen molar-refractivity contribution in [1.82, 2.24) is 15.0 Å². The van der Waals surface area contributed by atoms with Crippen LogP contribution in [0.2, 0.25) is 0 Å². The highest BCUT2D eigenvalue weighted by Gasteiger charge is 2.21. The summed E-state index contributed by atoms with van der Waals surface area (Å²) in [7, 11) is 0. The minimum absolute atomic E-state index is 0.0421. The van der Waals surface area contributed by atoms with E-state index < -0.39 is 0 Å². The van der Waals surface area contributed by atoms with Gasteiger partial charge in [0.2, 0.25) is 11.8 Å². The SMILES string of the molecule is Cc1noc(CN2CCC(CCC(=O)Nc3ccc4c(c3)OCCO4)CC2)n1. The predicted octanol–water partition coefficient (Wildman–Crippen LogP) is 2.78. The van der Waals surface area contributed by atoms with E-state index in [0.29, 0.717) is 49.6 Å². The number of fused-ring (bicyclic) bond motifs is 1. The topological polar surface area (TPSA) is 89.7 Å². The molecule has 3 heterocycles. The van der Waals surface area contributed by atoms with Crippen molar-refractivity contribution in [2.75, 3.05) is 31.6 Å². The number of aromatic nitrogens is 2. The normalized spacial score (nSPS) is 17.5. The third-order valence-corrected chi connectivity index (χ3v) is 5.24. The van der Waals surface area contributed by atoms with E-state index >= 15 is 0 Å². The lowest BCUT2D eigenvalue weighted by atomic mass is 9.92. The lowest BCUT2D eigenvalue weighted by Crippen LogP contribution is -2.33. The number of carbonyl (C=O) groups is 1. The first-order valence-corrected chi connectivity index (χ1v) is 9.87. The molecule has 1 aromatic heterocycles. The van der Waals surface area contributed by atoms with Crippen molar-refractivity contribution in [2.24, 2.45) is 5.92 Å². The molecule has 0 spiro atoms. The average Bonchev–Trinajstić information content (AvgIpc) is 3.12. The van der Waals surface area contributed by atoms with Crippen LogP contribution in [0.25, 0.3) is 0 Å². The zero-order valence-corrected chi connectivity index (χ0v) is 16.1. The second-order valence-corrected chi connectivity index (χ2v) is 7.40. The third kappa shape index (κ3) is 4.81. The molecule has 0 atom stereocenters. The molecule has 0 aliphatic carbocycles. The first kappa shape index (κ1) is 18.7. The lowest BCUT2D eigenvalue weighted by Gasteiger charge is -2.30. The predicted molar refractivity (Wildman–Crippen MR) is 102 cm³/mol. The maximum Gasteiger partial charge on any atom is 0.240 e. The monoisotopic (exact) mass is 386 g/mol. The van der Waals surface area contributed by atoms with E-state index in [1.807, 2.05) is 25.1 Å². The molecule has 2 aromatic rings. The molecule has 1 aromatic carbocycles. The molecule has 0 bridgehead atoms. The second kappa shape index (κ2) is 8.60. The zero-order valence-electron chi connectivity index (χ0n) is 16.1. The molecule has 0 unspecified atom stereocenters. The van der Waals surface area contributed by atoms with Gasteiger partial charge in [-0.3, -0.25) is 9.69 Å². The fourth-order valence-corrected chi connectivity index (χ4v) is 3.71. The summed E-state index contributed by atoms with van der Waals surface area (Å²) in [5.41, 5.74) is 0.749. The lowest BCUT2D eigenvalue weighted by molar-refractivity contribution is -0.116. The Labute approximate surface area is 164 Å². The van der Waals surface area contributed by atoms with Gasteiger partial charge in [-0.15, -0.1) is 0 Å². The number of hydrogen-bond acceptors (Lipinski definition) is 7. The Morgan fingerprint density at radius 2 is 2.00 bits per heavy atom. The number of amides is 1. The molecule has 4 rings (SSSR count). The van der Waals surface area contributed by atoms with Crippen LogP contribution in [0.5, 0.6) is 11.5 Å². The first-order valence-electron chi connectivity index (χ1n) is 9.87. The Hall–Kier alpha value is -2.61. The van der Waals surface area contributed by atoms with Crippen molar-refractivity contribution >= 4 is 11.6 Å². The van der Waals surface area contributed by atoms with Gasteiger partial charge in [0, 0.05) is 18.2 Å². The van der Waals surface area contributed by atoms with Crippen molar-refractivity contribution in [2.45, 2.75) is 39.2 Å². The van der Waals surface area contributed by atoms with Crippen molar-refractivity contribution in [1.29, 1.82) is 0 Å². The first-order chi connectivity index (χ1) is 13.7. The van der Waals surface area contributed by atoms with Crippen LogP contribution in [0, 0.1) is 12.8 Å². The minimum atomic E-state index is 0.0421. The van der Waals surface area contributed by atoms with Gasteiger partial charge < -0.3 is 19.3 Å². The number of ether oxygens (including phenoxy) is 2. The number of nitrogens with zero attached hydrogens (tertiary/aromatic N) is 3. The van der Waals surface area contributed by atoms with Crippen LogP contribution in [0.3, 0.4) is 0 Å². The van der Waals surface area contributed by atoms with E-state index in [2.05, 4.69) is 20.4 Å². The smallest absolute Gasteiger partial charge is 0.240 e. The molecule has 1 fully saturated rings. The summed E-state index contributed by atoms with van der Waals surface area (Å²) in [5.74, 6) is 3.38. The molecule has 2 aliphatic rings. The highest BCUT2D eigenvalue weighted by Crippen LogP contribution is 2.32. The molecule has 0 saturated carbocycles. The highest BCUT2D eigenvalue weighted by molar-refractivity contribution is 5.91. The number of benzene rings is 1. The number of aryl methyl sites for hydroxylation is 1. The molecule has 1 amide bonds. The van der Waals surface area contributed by atoms with Crippen molar-refractivity contribution in [3.63, 3.8) is 0 Å². The van der Waals surface area contributed by atoms with Crippen LogP contribution in [-0.2, 0) is 11.3 Å². The third-order valence-electron chi connectivity index (χ3n) is 5.24. The Kier molecular flexibility index (Phi) is 5.76. The van der Waals surface area contributed by atoms with E-state index in [9.17, 15) is 4.79 Å². The number of carbonyl (C=O) groups excluding carboxylic acids is 1. The number of nitrogens with one attached hydrogen (secondary N) is 1. The Bertz CT molecular complexity index is 814. The fraction of sp³-hybridized carbons (Fsp3) is 0.550. The van der Waals surface area contributed by atoms with Crippen LogP contribution < -0.4 is 14.8 Å². The van der Waals surface area contributed by atoms with Gasteiger partial charge in [-0.1, -0.05) is 5.16 Å². The van der Waals surface area contributed by atoms with Crippen molar-refractivity contribution in [3.8, 4) is 11.5 Å². The van der Waals surface area contributed by atoms with Crippen molar-refractivity contribution in [3.05, 3.63) is 29.9 Å². The molecule has 28 heavy (non-hydrogen) atoms. The molecular formula is C20H26N4O4. The summed E-state index contributed by atoms with van der Waals surface area (Å²) < 4.78 is 16.3. The maximum atomic E-state index is 12.3. The van der Waals surface area contributed by atoms with Gasteiger partial charge in [0.15, 0.2) is 17.3 Å². The van der Waals surface area contributed by atoms with E-state index in [0.717, 1.165) is 43.8 Å². The van der Waals surface area contributed by atoms with Gasteiger partial charge >= 0.3 is 0 Å². The summed E-state index contributed by atoms with van der Waals surface area (Å²) in [6.07, 6.45) is 3.61. The van der Waals surface area contributed by atoms with Crippen LogP contribution in [0.15, 0.2) is 22.7 Å². The van der Waals surface area contributed by atoms with Gasteiger partial charge in [0.05, 0.1) is 6.54 Å². The standard InChI is InChI=1S/C20H26N4O4/c1-14-21-20(28-23-14)13-24-8-6-15(7-9-24)2-5-19(25)22-16-3-4-17-18(12-16)27-11-10-26-17/h3-4,12,15H,2,5-11,13H2,1H3,(H,22,25). The van der Waals surface area contributed by atoms with Gasteiger partial charge in [-0.2, -0.15) is 4.98 Å². The molecule has 1 saturated heterocycles. The van der Waals surface area contributed by atoms with Gasteiger partial charge in [0.25, 0.3) is 0 Å². The molecule has 150 valence electrons. The molecule has 8 heteroatoms. The van der Waals surface area contributed by atoms with Gasteiger partial charge in [0.1, 0.15) is 13.2 Å². The fourth-order valence-electron chi connectivity index (χ4n) is 3.71. The van der Waals surface area contributed by atoms with E-state index in [-0.39, 0.29) is 5.91 Å². The van der Waals surface area contributed by atoms with Crippen LogP contribution >= 0.6 is 0 Å². The van der Waals surface area contributed by atoms with Crippen LogP contribution in [-0.4, -0.2) is 47.3 Å². The Morgan fingerprint density at radius 3 is 2.75 bits per heavy atom. The molecular weight excluding hydrogens is 360 g/mol. The molecule has 0 radical (unpaired) electrons. The summed E-state index contributed by atoms with van der Waals surface area (Å²) in [4.78, 5) is 18.9. The Balaban J connectivity index is 1.18. The van der Waals surface area contributed by atoms with E-state index in [1.165, 1.54) is 0 Å². The summed E-state index contributed by atoms with van der Waals surface area (Å²) in [6, 6.07) is 5.51. The molecule has 1 N–H and O–H groups in total. The number of anilines is 1. The van der Waals surface area contributed by atoms with Crippen molar-refractivity contribution < 1.29 is 18.8 Å². The Morgan fingerprint density at radius 1 is 1.21 bits per heavy atom. The van der Waals surface area contributed by atoms with Gasteiger partial charge in [-0.25, -0.2) is 0 Å². The minimum Gasteiger partial charge on any atom is -0.486 e. The maximum absolute atomic E-state index is 12.3. The number of likely N-dealkylation sites (tertiary alicyclic amines) is 1. The van der Waals surface area contributed by atoms with E-state index in [4.69, 9.17) is 14.0 Å². The summed E-state index contributed by atoms with van der Waals surface area (Å²) >= 11 is 0. The number of hydrogen-bond donors (Lipinski definition) is 1. The summed E-state index contributed by atoms with van der Waals surface area (Å²) in [6.45, 7) is 5.63. The van der Waals surface area contributed by atoms with E-state index in [1.54, 1.807) is 0 Å². The largest absolute Gasteiger partial charge is 0.486 e. The quantitative estimate of drug-likeness (QED) is 0.816. The molecule has 2 aliphatic heterocycles. The van der Waals surface area contributed by atoms with Gasteiger partial charge in [-0.05, 0) is 57.3 Å². The highest BCUT2D eigenvalue weighted by atomic mass is 16.6. The zero-order chi connectivity index (χ0) is 19.3. The number of rotatable bonds is 6.